The standard InChI is InChI=1S/C20H17N7O2/c1-20(28,14-3-4-23-24-9-14)18-6-17(26-29-18)16-10-22-19-15(16)5-12(7-21-19)13-8-25-27(2)11-13/h3-11,28H,1-2H3,(H,21,22). The Kier molecular flexibility index (Phi) is 3.78. The van der Waals surface area contributed by atoms with Crippen LogP contribution >= 0.6 is 0 Å². The third-order valence-corrected chi connectivity index (χ3v) is 4.98. The molecule has 0 saturated heterocycles. The summed E-state index contributed by atoms with van der Waals surface area (Å²) < 4.78 is 7.23. The van der Waals surface area contributed by atoms with Gasteiger partial charge in [0.2, 0.25) is 0 Å². The largest absolute Gasteiger partial charge is 0.377 e. The second kappa shape index (κ2) is 6.35. The molecular formula is C20H17N7O2. The number of aliphatic hydroxyl groups is 1. The maximum atomic E-state index is 10.9. The number of nitrogens with zero attached hydrogens (tertiary/aromatic N) is 6. The molecule has 144 valence electrons. The van der Waals surface area contributed by atoms with Crippen LogP contribution in [0.25, 0.3) is 33.4 Å². The SMILES string of the molecule is Cn1cc(-c2cnc3[nH]cc(-c4cc(C(C)(O)c5ccnnc5)on4)c3c2)cn1. The van der Waals surface area contributed by atoms with Crippen LogP contribution in [0.15, 0.2) is 59.9 Å². The number of hydrogen-bond acceptors (Lipinski definition) is 7. The molecular weight excluding hydrogens is 370 g/mol. The molecule has 0 spiro atoms. The minimum Gasteiger partial charge on any atom is -0.377 e. The Balaban J connectivity index is 1.57. The first kappa shape index (κ1) is 17.3. The van der Waals surface area contributed by atoms with Crippen molar-refractivity contribution in [2.45, 2.75) is 12.5 Å². The Morgan fingerprint density at radius 3 is 2.79 bits per heavy atom. The Morgan fingerprint density at radius 1 is 1.14 bits per heavy atom. The molecule has 0 amide bonds. The number of H-pyrrole nitrogens is 1. The van der Waals surface area contributed by atoms with Crippen molar-refractivity contribution in [3.63, 3.8) is 0 Å². The zero-order valence-corrected chi connectivity index (χ0v) is 15.7. The lowest BCUT2D eigenvalue weighted by Gasteiger charge is -2.19. The molecule has 1 unspecified atom stereocenters. The fraction of sp³-hybridized carbons (Fsp3) is 0.150. The van der Waals surface area contributed by atoms with Gasteiger partial charge < -0.3 is 14.6 Å². The van der Waals surface area contributed by atoms with Gasteiger partial charge in [-0.1, -0.05) is 5.16 Å². The number of aromatic nitrogens is 7. The summed E-state index contributed by atoms with van der Waals surface area (Å²) in [6.07, 6.45) is 10.4. The van der Waals surface area contributed by atoms with Crippen molar-refractivity contribution in [2.75, 3.05) is 0 Å². The molecule has 0 aliphatic rings. The number of aryl methyl sites for hydroxylation is 1. The Labute approximate surface area is 165 Å². The quantitative estimate of drug-likeness (QED) is 0.486. The molecule has 29 heavy (non-hydrogen) atoms. The highest BCUT2D eigenvalue weighted by Gasteiger charge is 2.31. The smallest absolute Gasteiger partial charge is 0.173 e. The lowest BCUT2D eigenvalue weighted by Crippen LogP contribution is -2.22. The molecule has 0 radical (unpaired) electrons. The van der Waals surface area contributed by atoms with Crippen LogP contribution in [0.1, 0.15) is 18.2 Å². The van der Waals surface area contributed by atoms with Gasteiger partial charge in [-0.3, -0.25) is 4.68 Å². The molecule has 5 aromatic heterocycles. The van der Waals surface area contributed by atoms with Gasteiger partial charge >= 0.3 is 0 Å². The van der Waals surface area contributed by atoms with Crippen molar-refractivity contribution in [2.24, 2.45) is 7.05 Å². The van der Waals surface area contributed by atoms with E-state index < -0.39 is 5.60 Å². The van der Waals surface area contributed by atoms with E-state index in [1.54, 1.807) is 36.1 Å². The van der Waals surface area contributed by atoms with Crippen molar-refractivity contribution in [1.82, 2.24) is 35.1 Å². The Morgan fingerprint density at radius 2 is 2.03 bits per heavy atom. The van der Waals surface area contributed by atoms with Gasteiger partial charge in [0, 0.05) is 65.5 Å². The number of fused-ring (bicyclic) bond motifs is 1. The maximum Gasteiger partial charge on any atom is 0.173 e. The van der Waals surface area contributed by atoms with Crippen molar-refractivity contribution < 1.29 is 9.63 Å². The van der Waals surface area contributed by atoms with Gasteiger partial charge in [0.1, 0.15) is 16.9 Å². The van der Waals surface area contributed by atoms with E-state index in [2.05, 4.69) is 30.4 Å². The third-order valence-electron chi connectivity index (χ3n) is 4.98. The van der Waals surface area contributed by atoms with E-state index >= 15 is 0 Å². The van der Waals surface area contributed by atoms with Crippen molar-refractivity contribution in [3.05, 3.63) is 66.7 Å². The van der Waals surface area contributed by atoms with Crippen molar-refractivity contribution in [3.8, 4) is 22.4 Å². The van der Waals surface area contributed by atoms with Gasteiger partial charge in [-0.15, -0.1) is 0 Å². The van der Waals surface area contributed by atoms with Gasteiger partial charge in [0.05, 0.1) is 12.4 Å². The summed E-state index contributed by atoms with van der Waals surface area (Å²) in [5.41, 5.74) is 3.27. The summed E-state index contributed by atoms with van der Waals surface area (Å²) in [5.74, 6) is 0.311. The van der Waals surface area contributed by atoms with E-state index in [4.69, 9.17) is 4.52 Å². The minimum atomic E-state index is -1.38. The molecule has 0 bridgehead atoms. The fourth-order valence-corrected chi connectivity index (χ4v) is 3.30. The molecule has 0 aliphatic heterocycles. The van der Waals surface area contributed by atoms with E-state index in [9.17, 15) is 5.11 Å². The molecule has 0 fully saturated rings. The predicted octanol–water partition coefficient (Wildman–Crippen LogP) is 2.66. The topological polar surface area (TPSA) is 119 Å². The Hall–Kier alpha value is -3.85. The van der Waals surface area contributed by atoms with E-state index in [-0.39, 0.29) is 0 Å². The summed E-state index contributed by atoms with van der Waals surface area (Å²) in [4.78, 5) is 7.66. The molecule has 0 saturated carbocycles. The van der Waals surface area contributed by atoms with Crippen LogP contribution in [-0.2, 0) is 12.6 Å². The van der Waals surface area contributed by atoms with Crippen LogP contribution in [-0.4, -0.2) is 40.2 Å². The van der Waals surface area contributed by atoms with Crippen LogP contribution < -0.4 is 0 Å². The summed E-state index contributed by atoms with van der Waals surface area (Å²) in [7, 11) is 1.87. The summed E-state index contributed by atoms with van der Waals surface area (Å²) >= 11 is 0. The van der Waals surface area contributed by atoms with Gasteiger partial charge in [0.25, 0.3) is 0 Å². The van der Waals surface area contributed by atoms with Crippen LogP contribution in [0.4, 0.5) is 0 Å². The third kappa shape index (κ3) is 2.88. The predicted molar refractivity (Wildman–Crippen MR) is 104 cm³/mol. The van der Waals surface area contributed by atoms with Gasteiger partial charge in [-0.25, -0.2) is 4.98 Å². The first-order valence-corrected chi connectivity index (χ1v) is 8.95. The minimum absolute atomic E-state index is 0.311. The molecule has 9 heteroatoms. The highest BCUT2D eigenvalue weighted by Crippen LogP contribution is 2.34. The fourth-order valence-electron chi connectivity index (χ4n) is 3.30. The number of hydrogen-bond donors (Lipinski definition) is 2. The molecule has 9 nitrogen and oxygen atoms in total. The van der Waals surface area contributed by atoms with Crippen LogP contribution in [0.5, 0.6) is 0 Å². The number of pyridine rings is 1. The molecule has 2 N–H and O–H groups in total. The first-order chi connectivity index (χ1) is 14.0. The number of aromatic amines is 1. The molecule has 0 aliphatic carbocycles. The van der Waals surface area contributed by atoms with Gasteiger partial charge in [-0.2, -0.15) is 15.3 Å². The number of rotatable bonds is 4. The molecule has 1 atom stereocenters. The van der Waals surface area contributed by atoms with E-state index in [1.165, 1.54) is 12.4 Å². The van der Waals surface area contributed by atoms with E-state index in [1.807, 2.05) is 25.5 Å². The lowest BCUT2D eigenvalue weighted by atomic mass is 9.94. The molecule has 5 heterocycles. The zero-order valence-electron chi connectivity index (χ0n) is 15.7. The maximum absolute atomic E-state index is 10.9. The summed E-state index contributed by atoms with van der Waals surface area (Å²) in [6, 6.07) is 5.44. The van der Waals surface area contributed by atoms with E-state index in [0.29, 0.717) is 17.0 Å². The molecule has 0 aromatic carbocycles. The van der Waals surface area contributed by atoms with Gasteiger partial charge in [-0.05, 0) is 19.1 Å². The molecule has 5 rings (SSSR count). The molecule has 5 aromatic rings. The summed E-state index contributed by atoms with van der Waals surface area (Å²) in [5, 5.41) is 27.8. The summed E-state index contributed by atoms with van der Waals surface area (Å²) in [6.45, 7) is 1.63. The van der Waals surface area contributed by atoms with Crippen LogP contribution in [0.3, 0.4) is 0 Å². The monoisotopic (exact) mass is 387 g/mol. The normalized spacial score (nSPS) is 13.6. The van der Waals surface area contributed by atoms with E-state index in [0.717, 1.165) is 27.7 Å². The number of nitrogens with one attached hydrogen (secondary N) is 1. The van der Waals surface area contributed by atoms with Crippen LogP contribution in [0.2, 0.25) is 0 Å². The average molecular weight is 387 g/mol. The zero-order chi connectivity index (χ0) is 20.0. The average Bonchev–Trinajstić information content (AvgIpc) is 3.47. The van der Waals surface area contributed by atoms with Crippen LogP contribution in [0, 0.1) is 0 Å². The van der Waals surface area contributed by atoms with Crippen molar-refractivity contribution in [1.29, 1.82) is 0 Å². The lowest BCUT2D eigenvalue weighted by molar-refractivity contribution is 0.0689. The first-order valence-electron chi connectivity index (χ1n) is 8.95. The highest BCUT2D eigenvalue weighted by atomic mass is 16.5. The second-order valence-electron chi connectivity index (χ2n) is 7.00. The highest BCUT2D eigenvalue weighted by molar-refractivity contribution is 5.94. The van der Waals surface area contributed by atoms with Crippen molar-refractivity contribution >= 4 is 11.0 Å². The second-order valence-corrected chi connectivity index (χ2v) is 7.00. The Bertz CT molecular complexity index is 1300. The van der Waals surface area contributed by atoms with Gasteiger partial charge in [0.15, 0.2) is 5.76 Å².